The first-order valence-electron chi connectivity index (χ1n) is 2.86. The molecule has 0 aliphatic heterocycles. The number of halogens is 1. The van der Waals surface area contributed by atoms with E-state index < -0.39 is 7.12 Å². The Bertz CT molecular complexity index is 311. The zero-order valence-corrected chi connectivity index (χ0v) is 7.00. The SMILES string of the molecule is O=c1ccc(B(O)O)c(Br)[nH]1. The zero-order valence-electron chi connectivity index (χ0n) is 5.41. The molecule has 58 valence electrons. The predicted octanol–water partition coefficient (Wildman–Crippen LogP) is -1.18. The molecule has 0 bridgehead atoms. The zero-order chi connectivity index (χ0) is 8.43. The van der Waals surface area contributed by atoms with Crippen molar-refractivity contribution >= 4 is 28.5 Å². The Morgan fingerprint density at radius 2 is 2.09 bits per heavy atom. The van der Waals surface area contributed by atoms with E-state index in [1.807, 2.05) is 0 Å². The maximum absolute atomic E-state index is 10.6. The van der Waals surface area contributed by atoms with Gasteiger partial charge in [-0.25, -0.2) is 0 Å². The summed E-state index contributed by atoms with van der Waals surface area (Å²) in [5.41, 5.74) is -0.0501. The molecule has 0 fully saturated rings. The number of pyridine rings is 1. The van der Waals surface area contributed by atoms with E-state index in [1.165, 1.54) is 12.1 Å². The van der Waals surface area contributed by atoms with Gasteiger partial charge in [-0.3, -0.25) is 4.79 Å². The average molecular weight is 218 g/mol. The molecule has 4 nitrogen and oxygen atoms in total. The smallest absolute Gasteiger partial charge is 0.423 e. The number of aromatic nitrogens is 1. The van der Waals surface area contributed by atoms with Crippen LogP contribution in [0.4, 0.5) is 0 Å². The van der Waals surface area contributed by atoms with E-state index in [-0.39, 0.29) is 11.0 Å². The largest absolute Gasteiger partial charge is 0.491 e. The lowest BCUT2D eigenvalue weighted by Gasteiger charge is -1.99. The summed E-state index contributed by atoms with van der Waals surface area (Å²) in [7, 11) is -1.57. The second-order valence-electron chi connectivity index (χ2n) is 1.97. The van der Waals surface area contributed by atoms with Crippen LogP contribution in [-0.2, 0) is 0 Å². The van der Waals surface area contributed by atoms with Crippen molar-refractivity contribution in [1.29, 1.82) is 0 Å². The molecule has 0 saturated carbocycles. The molecule has 1 aromatic rings. The maximum Gasteiger partial charge on any atom is 0.491 e. The Hall–Kier alpha value is -0.585. The molecule has 1 heterocycles. The van der Waals surface area contributed by atoms with Crippen LogP contribution in [0.5, 0.6) is 0 Å². The lowest BCUT2D eigenvalue weighted by atomic mass is 9.82. The van der Waals surface area contributed by atoms with Gasteiger partial charge in [0, 0.05) is 11.5 Å². The fourth-order valence-corrected chi connectivity index (χ4v) is 1.19. The van der Waals surface area contributed by atoms with Crippen molar-refractivity contribution in [1.82, 2.24) is 4.98 Å². The van der Waals surface area contributed by atoms with E-state index in [1.54, 1.807) is 0 Å². The molecule has 0 atom stereocenters. The summed E-state index contributed by atoms with van der Waals surface area (Å²) in [5, 5.41) is 17.4. The van der Waals surface area contributed by atoms with Crippen LogP contribution in [0.2, 0.25) is 0 Å². The Balaban J connectivity index is 3.20. The summed E-state index contributed by atoms with van der Waals surface area (Å²) in [6, 6.07) is 2.56. The first kappa shape index (κ1) is 8.51. The quantitative estimate of drug-likeness (QED) is 0.410. The molecular weight excluding hydrogens is 213 g/mol. The standard InChI is InChI=1S/C5H5BBrNO3/c7-5-3(6(10)11)1-2-4(9)8-5/h1-2,10-11H,(H,8,9). The van der Waals surface area contributed by atoms with Gasteiger partial charge >= 0.3 is 7.12 Å². The van der Waals surface area contributed by atoms with E-state index in [4.69, 9.17) is 10.0 Å². The normalized spacial score (nSPS) is 9.73. The Morgan fingerprint density at radius 3 is 2.55 bits per heavy atom. The second kappa shape index (κ2) is 3.21. The summed E-state index contributed by atoms with van der Waals surface area (Å²) in [6.07, 6.45) is 0. The van der Waals surface area contributed by atoms with Gasteiger partial charge < -0.3 is 15.0 Å². The number of nitrogens with one attached hydrogen (secondary N) is 1. The van der Waals surface area contributed by atoms with Crippen molar-refractivity contribution < 1.29 is 10.0 Å². The van der Waals surface area contributed by atoms with Crippen LogP contribution in [-0.4, -0.2) is 22.2 Å². The highest BCUT2D eigenvalue weighted by Crippen LogP contribution is 1.97. The van der Waals surface area contributed by atoms with Crippen molar-refractivity contribution in [3.63, 3.8) is 0 Å². The summed E-state index contributed by atoms with van der Waals surface area (Å²) in [4.78, 5) is 13.0. The van der Waals surface area contributed by atoms with Crippen LogP contribution in [0.25, 0.3) is 0 Å². The van der Waals surface area contributed by atoms with Crippen LogP contribution >= 0.6 is 15.9 Å². The summed E-state index contributed by atoms with van der Waals surface area (Å²) >= 11 is 2.97. The molecule has 1 rings (SSSR count). The third-order valence-corrected chi connectivity index (χ3v) is 1.83. The number of aromatic amines is 1. The van der Waals surface area contributed by atoms with E-state index >= 15 is 0 Å². The molecule has 11 heavy (non-hydrogen) atoms. The molecular formula is C5H5BBrNO3. The molecule has 6 heteroatoms. The summed E-state index contributed by atoms with van der Waals surface area (Å²) < 4.78 is 0.292. The van der Waals surface area contributed by atoms with Crippen molar-refractivity contribution in [2.75, 3.05) is 0 Å². The Kier molecular flexibility index (Phi) is 2.48. The van der Waals surface area contributed by atoms with Crippen molar-refractivity contribution in [3.8, 4) is 0 Å². The number of rotatable bonds is 1. The van der Waals surface area contributed by atoms with Gasteiger partial charge in [-0.15, -0.1) is 0 Å². The van der Waals surface area contributed by atoms with E-state index in [2.05, 4.69) is 20.9 Å². The highest BCUT2D eigenvalue weighted by Gasteiger charge is 2.14. The lowest BCUT2D eigenvalue weighted by molar-refractivity contribution is 0.425. The Labute approximate surface area is 71.2 Å². The van der Waals surface area contributed by atoms with Crippen LogP contribution in [0.3, 0.4) is 0 Å². The van der Waals surface area contributed by atoms with Crippen LogP contribution in [0.1, 0.15) is 0 Å². The maximum atomic E-state index is 10.6. The van der Waals surface area contributed by atoms with Gasteiger partial charge in [-0.05, 0) is 15.9 Å². The highest BCUT2D eigenvalue weighted by atomic mass is 79.9. The van der Waals surface area contributed by atoms with Crippen molar-refractivity contribution in [3.05, 3.63) is 27.1 Å². The van der Waals surface area contributed by atoms with Gasteiger partial charge in [-0.2, -0.15) is 0 Å². The lowest BCUT2D eigenvalue weighted by Crippen LogP contribution is -2.33. The van der Waals surface area contributed by atoms with Gasteiger partial charge in [-0.1, -0.05) is 6.07 Å². The van der Waals surface area contributed by atoms with Crippen LogP contribution in [0, 0.1) is 0 Å². The number of hydrogen-bond acceptors (Lipinski definition) is 3. The van der Waals surface area contributed by atoms with E-state index in [9.17, 15) is 4.79 Å². The van der Waals surface area contributed by atoms with Crippen molar-refractivity contribution in [2.45, 2.75) is 0 Å². The fraction of sp³-hybridized carbons (Fsp3) is 0. The molecule has 0 amide bonds. The minimum atomic E-state index is -1.57. The van der Waals surface area contributed by atoms with Crippen LogP contribution in [0.15, 0.2) is 21.5 Å². The van der Waals surface area contributed by atoms with Gasteiger partial charge in [0.15, 0.2) is 0 Å². The van der Waals surface area contributed by atoms with Crippen molar-refractivity contribution in [2.24, 2.45) is 0 Å². The number of hydrogen-bond donors (Lipinski definition) is 3. The van der Waals surface area contributed by atoms with Gasteiger partial charge in [0.1, 0.15) is 0 Å². The molecule has 0 radical (unpaired) electrons. The molecule has 0 saturated heterocycles. The first-order chi connectivity index (χ1) is 5.11. The molecule has 1 aromatic heterocycles. The second-order valence-corrected chi connectivity index (χ2v) is 2.76. The number of H-pyrrole nitrogens is 1. The topological polar surface area (TPSA) is 73.3 Å². The average Bonchev–Trinajstić information content (AvgIpc) is 1.85. The molecule has 0 unspecified atom stereocenters. The van der Waals surface area contributed by atoms with Gasteiger partial charge in [0.25, 0.3) is 0 Å². The molecule has 0 aliphatic rings. The third kappa shape index (κ3) is 1.92. The molecule has 0 aliphatic carbocycles. The van der Waals surface area contributed by atoms with E-state index in [0.29, 0.717) is 4.60 Å². The predicted molar refractivity (Wildman–Crippen MR) is 44.6 cm³/mol. The third-order valence-electron chi connectivity index (χ3n) is 1.18. The minimum absolute atomic E-state index is 0.240. The van der Waals surface area contributed by atoms with Gasteiger partial charge in [0.2, 0.25) is 5.56 Å². The van der Waals surface area contributed by atoms with E-state index in [0.717, 1.165) is 0 Å². The fourth-order valence-electron chi connectivity index (χ4n) is 0.660. The summed E-state index contributed by atoms with van der Waals surface area (Å²) in [6.45, 7) is 0. The molecule has 0 spiro atoms. The highest BCUT2D eigenvalue weighted by molar-refractivity contribution is 9.10. The molecule has 0 aromatic carbocycles. The van der Waals surface area contributed by atoms with Gasteiger partial charge in [0.05, 0.1) is 4.60 Å². The summed E-state index contributed by atoms with van der Waals surface area (Å²) in [5.74, 6) is 0. The Morgan fingerprint density at radius 1 is 1.45 bits per heavy atom. The van der Waals surface area contributed by atoms with Crippen LogP contribution < -0.4 is 11.0 Å². The monoisotopic (exact) mass is 217 g/mol. The first-order valence-corrected chi connectivity index (χ1v) is 3.65. The minimum Gasteiger partial charge on any atom is -0.423 e. The molecule has 3 N–H and O–H groups in total.